The molecule has 37 heavy (non-hydrogen) atoms. The fourth-order valence-corrected chi connectivity index (χ4v) is 4.25. The Balaban J connectivity index is 1.57. The maximum absolute atomic E-state index is 13.8. The van der Waals surface area contributed by atoms with Crippen LogP contribution in [0, 0.1) is 11.8 Å². The van der Waals surface area contributed by atoms with E-state index in [1.807, 2.05) is 20.9 Å². The quantitative estimate of drug-likeness (QED) is 0.365. The summed E-state index contributed by atoms with van der Waals surface area (Å²) in [7, 11) is 1.82. The molecular formula is C26H25N9O2. The van der Waals surface area contributed by atoms with Gasteiger partial charge in [-0.1, -0.05) is 17.9 Å². The molecular weight excluding hydrogens is 470 g/mol. The second-order valence-electron chi connectivity index (χ2n) is 8.93. The van der Waals surface area contributed by atoms with Gasteiger partial charge in [0, 0.05) is 37.2 Å². The molecule has 5 aromatic rings. The van der Waals surface area contributed by atoms with Crippen molar-refractivity contribution in [1.29, 1.82) is 0 Å². The predicted octanol–water partition coefficient (Wildman–Crippen LogP) is 2.23. The lowest BCUT2D eigenvalue weighted by Crippen LogP contribution is -2.35. The van der Waals surface area contributed by atoms with Gasteiger partial charge >= 0.3 is 0 Å². The lowest BCUT2D eigenvalue weighted by atomic mass is 10.1. The highest BCUT2D eigenvalue weighted by molar-refractivity contribution is 6.04. The van der Waals surface area contributed by atoms with Gasteiger partial charge in [0.1, 0.15) is 11.4 Å². The maximum atomic E-state index is 13.8. The van der Waals surface area contributed by atoms with Gasteiger partial charge in [0.15, 0.2) is 11.5 Å². The van der Waals surface area contributed by atoms with Crippen molar-refractivity contribution in [3.63, 3.8) is 0 Å². The minimum atomic E-state index is -0.616. The third-order valence-electron chi connectivity index (χ3n) is 5.90. The molecule has 0 aliphatic carbocycles. The first-order valence-electron chi connectivity index (χ1n) is 11.7. The molecule has 0 saturated carbocycles. The summed E-state index contributed by atoms with van der Waals surface area (Å²) in [5.41, 5.74) is 8.09. The van der Waals surface area contributed by atoms with E-state index in [0.717, 1.165) is 5.56 Å². The zero-order valence-electron chi connectivity index (χ0n) is 20.8. The van der Waals surface area contributed by atoms with Crippen molar-refractivity contribution in [2.75, 3.05) is 5.73 Å². The molecule has 1 atom stereocenters. The van der Waals surface area contributed by atoms with Crippen molar-refractivity contribution in [2.45, 2.75) is 32.9 Å². The lowest BCUT2D eigenvalue weighted by Gasteiger charge is -2.22. The van der Waals surface area contributed by atoms with E-state index in [-0.39, 0.29) is 23.0 Å². The molecule has 186 valence electrons. The number of nitrogen functional groups attached to an aromatic ring is 1. The standard InChI is InChI=1S/C26H25N9O2/c1-15(2)35-23(16(3)30-25(36)21-22(27)32-34-12-6-11-28-24(21)34)31-19-8-5-7-18(20(19)26(35)37)10-9-17-13-29-33(4)14-17/h5-8,11-16H,1-4H3,(H2,27,32)(H,30,36). The number of carbonyl (C=O) groups excluding carboxylic acids is 1. The van der Waals surface area contributed by atoms with Crippen LogP contribution in [-0.4, -0.2) is 39.8 Å². The first kappa shape index (κ1) is 23.7. The first-order valence-corrected chi connectivity index (χ1v) is 11.7. The number of carbonyl (C=O) groups is 1. The summed E-state index contributed by atoms with van der Waals surface area (Å²) < 4.78 is 4.70. The van der Waals surface area contributed by atoms with E-state index in [9.17, 15) is 9.59 Å². The van der Waals surface area contributed by atoms with Crippen LogP contribution >= 0.6 is 0 Å². The average Bonchev–Trinajstić information content (AvgIpc) is 3.43. The third kappa shape index (κ3) is 4.29. The highest BCUT2D eigenvalue weighted by atomic mass is 16.2. The molecule has 1 unspecified atom stereocenters. The fraction of sp³-hybridized carbons (Fsp3) is 0.231. The zero-order chi connectivity index (χ0) is 26.3. The summed E-state index contributed by atoms with van der Waals surface area (Å²) in [6, 6.07) is 6.23. The Morgan fingerprint density at radius 3 is 2.70 bits per heavy atom. The topological polar surface area (TPSA) is 138 Å². The number of nitrogens with two attached hydrogens (primary N) is 1. The summed E-state index contributed by atoms with van der Waals surface area (Å²) >= 11 is 0. The van der Waals surface area contributed by atoms with Crippen LogP contribution in [0.3, 0.4) is 0 Å². The van der Waals surface area contributed by atoms with E-state index in [0.29, 0.717) is 27.9 Å². The number of aryl methyl sites for hydroxylation is 1. The van der Waals surface area contributed by atoms with Crippen LogP contribution in [0.1, 0.15) is 60.2 Å². The molecule has 0 bridgehead atoms. The largest absolute Gasteiger partial charge is 0.381 e. The monoisotopic (exact) mass is 495 g/mol. The molecule has 4 heterocycles. The number of hydrogen-bond acceptors (Lipinski definition) is 7. The Kier molecular flexibility index (Phi) is 5.93. The van der Waals surface area contributed by atoms with Crippen LogP contribution in [0.5, 0.6) is 0 Å². The Bertz CT molecular complexity index is 1780. The SMILES string of the molecule is CC(NC(=O)c1c(N)nn2cccnc12)c1nc2cccc(C#Cc3cnn(C)c3)c2c(=O)n1C(C)C. The number of benzene rings is 1. The minimum absolute atomic E-state index is 0.0629. The van der Waals surface area contributed by atoms with Gasteiger partial charge in [-0.15, -0.1) is 5.10 Å². The van der Waals surface area contributed by atoms with Gasteiger partial charge < -0.3 is 11.1 Å². The number of nitrogens with one attached hydrogen (secondary N) is 1. The van der Waals surface area contributed by atoms with Crippen molar-refractivity contribution in [2.24, 2.45) is 7.05 Å². The van der Waals surface area contributed by atoms with Crippen molar-refractivity contribution in [1.82, 2.24) is 39.2 Å². The highest BCUT2D eigenvalue weighted by Crippen LogP contribution is 2.21. The van der Waals surface area contributed by atoms with Crippen LogP contribution < -0.4 is 16.6 Å². The van der Waals surface area contributed by atoms with Crippen molar-refractivity contribution in [3.8, 4) is 11.8 Å². The van der Waals surface area contributed by atoms with Gasteiger partial charge in [-0.3, -0.25) is 18.8 Å². The number of aromatic nitrogens is 7. The van der Waals surface area contributed by atoms with E-state index in [2.05, 4.69) is 32.3 Å². The van der Waals surface area contributed by atoms with Crippen LogP contribution in [0.4, 0.5) is 5.82 Å². The van der Waals surface area contributed by atoms with Gasteiger partial charge in [0.25, 0.3) is 11.5 Å². The van der Waals surface area contributed by atoms with Gasteiger partial charge in [0.05, 0.1) is 28.7 Å². The van der Waals surface area contributed by atoms with E-state index in [4.69, 9.17) is 10.7 Å². The Morgan fingerprint density at radius 1 is 1.16 bits per heavy atom. The van der Waals surface area contributed by atoms with Crippen molar-refractivity contribution >= 4 is 28.3 Å². The van der Waals surface area contributed by atoms with E-state index in [1.54, 1.807) is 65.2 Å². The summed E-state index contributed by atoms with van der Waals surface area (Å²) in [5.74, 6) is 6.17. The van der Waals surface area contributed by atoms with Gasteiger partial charge in [-0.05, 0) is 39.0 Å². The predicted molar refractivity (Wildman–Crippen MR) is 139 cm³/mol. The van der Waals surface area contributed by atoms with Crippen molar-refractivity contribution < 1.29 is 4.79 Å². The normalized spacial score (nSPS) is 12.0. The van der Waals surface area contributed by atoms with Crippen LogP contribution in [0.15, 0.2) is 53.8 Å². The summed E-state index contributed by atoms with van der Waals surface area (Å²) in [6.07, 6.45) is 6.69. The lowest BCUT2D eigenvalue weighted by molar-refractivity contribution is 0.0939. The zero-order valence-corrected chi connectivity index (χ0v) is 20.8. The van der Waals surface area contributed by atoms with Crippen LogP contribution in [0.2, 0.25) is 0 Å². The molecule has 1 aromatic carbocycles. The van der Waals surface area contributed by atoms with Crippen molar-refractivity contribution in [3.05, 3.63) is 81.9 Å². The number of nitrogens with zero attached hydrogens (tertiary/aromatic N) is 7. The minimum Gasteiger partial charge on any atom is -0.381 e. The molecule has 0 saturated heterocycles. The molecule has 4 aromatic heterocycles. The fourth-order valence-electron chi connectivity index (χ4n) is 4.25. The molecule has 0 aliphatic heterocycles. The van der Waals surface area contributed by atoms with E-state index in [1.165, 1.54) is 4.52 Å². The maximum Gasteiger partial charge on any atom is 0.262 e. The van der Waals surface area contributed by atoms with Gasteiger partial charge in [-0.2, -0.15) is 5.10 Å². The molecule has 0 fully saturated rings. The molecule has 1 amide bonds. The Labute approximate surface area is 212 Å². The summed E-state index contributed by atoms with van der Waals surface area (Å²) in [6.45, 7) is 5.56. The molecule has 5 rings (SSSR count). The Morgan fingerprint density at radius 2 is 1.97 bits per heavy atom. The molecule has 0 radical (unpaired) electrons. The van der Waals surface area contributed by atoms with Gasteiger partial charge in [-0.25, -0.2) is 14.5 Å². The molecule has 11 nitrogen and oxygen atoms in total. The second kappa shape index (κ2) is 9.23. The summed E-state index contributed by atoms with van der Waals surface area (Å²) in [5, 5.41) is 11.6. The number of hydrogen-bond donors (Lipinski definition) is 2. The third-order valence-corrected chi connectivity index (χ3v) is 5.90. The highest BCUT2D eigenvalue weighted by Gasteiger charge is 2.25. The second-order valence-corrected chi connectivity index (χ2v) is 8.93. The average molecular weight is 496 g/mol. The number of amides is 1. The molecule has 0 aliphatic rings. The molecule has 11 heteroatoms. The smallest absolute Gasteiger partial charge is 0.262 e. The first-order chi connectivity index (χ1) is 17.7. The van der Waals surface area contributed by atoms with Gasteiger partial charge in [0.2, 0.25) is 0 Å². The number of rotatable bonds is 4. The van der Waals surface area contributed by atoms with E-state index >= 15 is 0 Å². The molecule has 3 N–H and O–H groups in total. The van der Waals surface area contributed by atoms with Crippen LogP contribution in [0.25, 0.3) is 16.6 Å². The van der Waals surface area contributed by atoms with E-state index < -0.39 is 11.9 Å². The van der Waals surface area contributed by atoms with Crippen LogP contribution in [-0.2, 0) is 7.05 Å². The number of fused-ring (bicyclic) bond motifs is 2. The Hall–Kier alpha value is -4.98. The molecule has 0 spiro atoms. The number of anilines is 1. The summed E-state index contributed by atoms with van der Waals surface area (Å²) in [4.78, 5) is 36.0.